The summed E-state index contributed by atoms with van der Waals surface area (Å²) < 4.78 is 26.4. The number of benzene rings is 1. The Hall–Kier alpha value is -1.62. The van der Waals surface area contributed by atoms with Crippen molar-refractivity contribution in [3.05, 3.63) is 47.5 Å². The molecule has 17 heavy (non-hydrogen) atoms. The number of nitrogen functional groups attached to an aromatic ring is 1. The molecule has 2 N–H and O–H groups in total. The van der Waals surface area contributed by atoms with E-state index < -0.39 is 11.6 Å². The third-order valence-electron chi connectivity index (χ3n) is 2.22. The molecule has 2 rings (SSSR count). The fraction of sp³-hybridized carbons (Fsp3) is 0.0833. The van der Waals surface area contributed by atoms with Crippen molar-refractivity contribution in [3.63, 3.8) is 0 Å². The molecule has 0 atom stereocenters. The molecule has 1 heterocycles. The zero-order valence-corrected chi connectivity index (χ0v) is 9.89. The van der Waals surface area contributed by atoms with Crippen LogP contribution in [0.3, 0.4) is 0 Å². The Balaban J connectivity index is 2.37. The van der Waals surface area contributed by atoms with Gasteiger partial charge in [-0.15, -0.1) is 0 Å². The lowest BCUT2D eigenvalue weighted by Gasteiger charge is -2.06. The van der Waals surface area contributed by atoms with E-state index >= 15 is 0 Å². The van der Waals surface area contributed by atoms with E-state index in [9.17, 15) is 8.78 Å². The van der Waals surface area contributed by atoms with E-state index in [1.54, 1.807) is 0 Å². The van der Waals surface area contributed by atoms with Crippen molar-refractivity contribution < 1.29 is 8.78 Å². The fourth-order valence-corrected chi connectivity index (χ4v) is 2.19. The molecule has 0 saturated heterocycles. The van der Waals surface area contributed by atoms with Crippen LogP contribution in [0, 0.1) is 18.6 Å². The minimum absolute atomic E-state index is 0.0817. The number of aryl methyl sites for hydroxylation is 1. The number of nitrogens with two attached hydrogens (primary N) is 1. The lowest BCUT2D eigenvalue weighted by molar-refractivity contribution is 0.552. The maximum atomic E-state index is 13.5. The largest absolute Gasteiger partial charge is 0.381 e. The number of halogens is 2. The quantitative estimate of drug-likeness (QED) is 0.890. The molecular formula is C12H10F2N2S. The van der Waals surface area contributed by atoms with Crippen LogP contribution in [0.25, 0.3) is 0 Å². The van der Waals surface area contributed by atoms with Crippen LogP contribution in [0.4, 0.5) is 14.6 Å². The van der Waals surface area contributed by atoms with E-state index in [0.717, 1.165) is 28.3 Å². The SMILES string of the molecule is Cc1ccccc1Sc1nc(N)c(F)cc1F. The molecule has 0 aliphatic heterocycles. The van der Waals surface area contributed by atoms with Crippen LogP contribution < -0.4 is 5.73 Å². The number of aromatic nitrogens is 1. The molecule has 2 nitrogen and oxygen atoms in total. The number of pyridine rings is 1. The summed E-state index contributed by atoms with van der Waals surface area (Å²) in [5.41, 5.74) is 6.32. The van der Waals surface area contributed by atoms with Gasteiger partial charge in [-0.1, -0.05) is 30.0 Å². The summed E-state index contributed by atoms with van der Waals surface area (Å²) in [6.07, 6.45) is 0. The number of hydrogen-bond donors (Lipinski definition) is 1. The van der Waals surface area contributed by atoms with Gasteiger partial charge in [0, 0.05) is 11.0 Å². The Morgan fingerprint density at radius 3 is 2.59 bits per heavy atom. The summed E-state index contributed by atoms with van der Waals surface area (Å²) in [6, 6.07) is 8.25. The molecule has 1 aromatic heterocycles. The minimum atomic E-state index is -0.836. The van der Waals surface area contributed by atoms with Crippen LogP contribution in [0.2, 0.25) is 0 Å². The van der Waals surface area contributed by atoms with Gasteiger partial charge in [-0.2, -0.15) is 0 Å². The highest BCUT2D eigenvalue weighted by molar-refractivity contribution is 7.99. The molecule has 0 aliphatic carbocycles. The molecule has 0 radical (unpaired) electrons. The van der Waals surface area contributed by atoms with Crippen LogP contribution in [0.15, 0.2) is 40.3 Å². The van der Waals surface area contributed by atoms with Crippen LogP contribution in [-0.2, 0) is 0 Å². The molecule has 1 aromatic carbocycles. The average molecular weight is 252 g/mol. The Kier molecular flexibility index (Phi) is 3.28. The van der Waals surface area contributed by atoms with Crippen molar-refractivity contribution in [2.75, 3.05) is 5.73 Å². The van der Waals surface area contributed by atoms with Gasteiger partial charge < -0.3 is 5.73 Å². The highest BCUT2D eigenvalue weighted by Gasteiger charge is 2.11. The molecule has 0 spiro atoms. The Morgan fingerprint density at radius 2 is 1.88 bits per heavy atom. The summed E-state index contributed by atoms with van der Waals surface area (Å²) in [6.45, 7) is 1.91. The minimum Gasteiger partial charge on any atom is -0.381 e. The fourth-order valence-electron chi connectivity index (χ4n) is 1.31. The standard InChI is InChI=1S/C12H10F2N2S/c1-7-4-2-3-5-10(7)17-12-9(14)6-8(13)11(15)16-12/h2-6H,1H3,(H2,15,16). The van der Waals surface area contributed by atoms with Gasteiger partial charge in [-0.3, -0.25) is 0 Å². The summed E-state index contributed by atoms with van der Waals surface area (Å²) in [5.74, 6) is -1.83. The predicted octanol–water partition coefficient (Wildman–Crippen LogP) is 3.40. The van der Waals surface area contributed by atoms with Gasteiger partial charge in [-0.25, -0.2) is 13.8 Å². The van der Waals surface area contributed by atoms with Gasteiger partial charge in [0.1, 0.15) is 5.03 Å². The Morgan fingerprint density at radius 1 is 1.18 bits per heavy atom. The van der Waals surface area contributed by atoms with Crippen LogP contribution in [0.1, 0.15) is 5.56 Å². The van der Waals surface area contributed by atoms with Crippen molar-refractivity contribution in [1.82, 2.24) is 4.98 Å². The smallest absolute Gasteiger partial charge is 0.168 e. The monoisotopic (exact) mass is 252 g/mol. The van der Waals surface area contributed by atoms with Gasteiger partial charge in [0.2, 0.25) is 0 Å². The van der Waals surface area contributed by atoms with Crippen molar-refractivity contribution in [2.24, 2.45) is 0 Å². The first-order valence-electron chi connectivity index (χ1n) is 4.93. The van der Waals surface area contributed by atoms with Crippen molar-refractivity contribution in [3.8, 4) is 0 Å². The molecule has 0 bridgehead atoms. The van der Waals surface area contributed by atoms with Crippen molar-refractivity contribution in [1.29, 1.82) is 0 Å². The number of rotatable bonds is 2. The molecule has 0 saturated carbocycles. The maximum Gasteiger partial charge on any atom is 0.168 e. The second kappa shape index (κ2) is 4.71. The second-order valence-electron chi connectivity index (χ2n) is 3.51. The van der Waals surface area contributed by atoms with Gasteiger partial charge in [0.05, 0.1) is 0 Å². The van der Waals surface area contributed by atoms with Gasteiger partial charge in [0.25, 0.3) is 0 Å². The highest BCUT2D eigenvalue weighted by Crippen LogP contribution is 2.31. The Bertz CT molecular complexity index is 558. The van der Waals surface area contributed by atoms with E-state index in [1.165, 1.54) is 0 Å². The first-order valence-corrected chi connectivity index (χ1v) is 5.74. The number of nitrogens with zero attached hydrogens (tertiary/aromatic N) is 1. The first-order chi connectivity index (χ1) is 8.08. The summed E-state index contributed by atoms with van der Waals surface area (Å²) in [5, 5.41) is 0.0817. The topological polar surface area (TPSA) is 38.9 Å². The summed E-state index contributed by atoms with van der Waals surface area (Å²) in [7, 11) is 0. The molecule has 5 heteroatoms. The van der Waals surface area contributed by atoms with Crippen LogP contribution in [-0.4, -0.2) is 4.98 Å². The molecule has 0 amide bonds. The average Bonchev–Trinajstić information content (AvgIpc) is 2.29. The van der Waals surface area contributed by atoms with Crippen molar-refractivity contribution in [2.45, 2.75) is 16.8 Å². The zero-order chi connectivity index (χ0) is 12.4. The van der Waals surface area contributed by atoms with E-state index in [4.69, 9.17) is 5.73 Å². The Labute approximate surface area is 102 Å². The van der Waals surface area contributed by atoms with E-state index in [1.807, 2.05) is 31.2 Å². The number of hydrogen-bond acceptors (Lipinski definition) is 3. The van der Waals surface area contributed by atoms with Crippen molar-refractivity contribution >= 4 is 17.6 Å². The van der Waals surface area contributed by atoms with Gasteiger partial charge in [-0.05, 0) is 18.6 Å². The van der Waals surface area contributed by atoms with Gasteiger partial charge in [0.15, 0.2) is 17.5 Å². The second-order valence-corrected chi connectivity index (χ2v) is 4.54. The summed E-state index contributed by atoms with van der Waals surface area (Å²) in [4.78, 5) is 4.57. The van der Waals surface area contributed by atoms with E-state index in [2.05, 4.69) is 4.98 Å². The van der Waals surface area contributed by atoms with Gasteiger partial charge >= 0.3 is 0 Å². The molecule has 88 valence electrons. The third kappa shape index (κ3) is 2.55. The maximum absolute atomic E-state index is 13.5. The molecule has 0 aliphatic rings. The lowest BCUT2D eigenvalue weighted by atomic mass is 10.2. The number of anilines is 1. The van der Waals surface area contributed by atoms with E-state index in [-0.39, 0.29) is 10.8 Å². The lowest BCUT2D eigenvalue weighted by Crippen LogP contribution is -1.98. The molecule has 0 fully saturated rings. The normalized spacial score (nSPS) is 10.5. The summed E-state index contributed by atoms with van der Waals surface area (Å²) >= 11 is 1.13. The van der Waals surface area contributed by atoms with Crippen LogP contribution in [0.5, 0.6) is 0 Å². The first kappa shape index (κ1) is 11.9. The third-order valence-corrected chi connectivity index (χ3v) is 3.38. The molecule has 0 unspecified atom stereocenters. The molecule has 2 aromatic rings. The van der Waals surface area contributed by atoms with E-state index in [0.29, 0.717) is 0 Å². The molecular weight excluding hydrogens is 242 g/mol. The van der Waals surface area contributed by atoms with Crippen LogP contribution >= 0.6 is 11.8 Å². The predicted molar refractivity (Wildman–Crippen MR) is 63.9 cm³/mol. The zero-order valence-electron chi connectivity index (χ0n) is 9.08. The highest BCUT2D eigenvalue weighted by atomic mass is 32.2.